The number of benzene rings is 2. The van der Waals surface area contributed by atoms with E-state index in [9.17, 15) is 0 Å². The zero-order chi connectivity index (χ0) is 28.4. The fraction of sp³-hybridized carbons (Fsp3) is 0.353. The Morgan fingerprint density at radius 1 is 0.500 bits per heavy atom. The van der Waals surface area contributed by atoms with Crippen molar-refractivity contribution in [3.05, 3.63) is 95.6 Å². The van der Waals surface area contributed by atoms with Gasteiger partial charge in [-0.05, 0) is 85.3 Å². The Balaban J connectivity index is 0.000000222. The van der Waals surface area contributed by atoms with Crippen LogP contribution in [0.4, 0.5) is 0 Å². The third-order valence-corrected chi connectivity index (χ3v) is 6.59. The van der Waals surface area contributed by atoms with Crippen molar-refractivity contribution in [3.8, 4) is 34.9 Å². The van der Waals surface area contributed by atoms with Gasteiger partial charge in [-0.1, -0.05) is 52.4 Å². The molecule has 0 radical (unpaired) electrons. The van der Waals surface area contributed by atoms with Crippen LogP contribution < -0.4 is 0 Å². The summed E-state index contributed by atoms with van der Waals surface area (Å²) >= 11 is 0. The maximum atomic E-state index is 8.79. The lowest BCUT2D eigenvalue weighted by Gasteiger charge is -2.03. The molecule has 2 heterocycles. The normalized spacial score (nSPS) is 10.2. The predicted octanol–water partition coefficient (Wildman–Crippen LogP) is 8.28. The molecule has 0 aliphatic carbocycles. The predicted molar refractivity (Wildman–Crippen MR) is 160 cm³/mol. The molecule has 0 atom stereocenters. The molecule has 0 saturated heterocycles. The van der Waals surface area contributed by atoms with Gasteiger partial charge in [0.1, 0.15) is 0 Å². The van der Waals surface area contributed by atoms with Gasteiger partial charge in [0.2, 0.25) is 0 Å². The minimum atomic E-state index is 0.653. The van der Waals surface area contributed by atoms with Crippen LogP contribution >= 0.6 is 0 Å². The molecule has 0 unspecified atom stereocenters. The highest BCUT2D eigenvalue weighted by Crippen LogP contribution is 2.17. The maximum Gasteiger partial charge on any atom is 0.159 e. The molecule has 6 nitrogen and oxygen atoms in total. The standard InChI is InChI=1S/C18H21N3.C16H17N3/c1-2-3-4-5-6-7-16-13-20-18(21-14-16)17-10-8-15(12-19)9-11-17;1-2-3-4-5-14-11-18-16(19-12-14)15-8-6-13(10-17)7-9-15/h8-11,13-14H,2-7H2,1H3;6-9,11-12H,2-5H2,1H3. The number of hydrogen-bond donors (Lipinski definition) is 0. The van der Waals surface area contributed by atoms with Gasteiger partial charge in [-0.15, -0.1) is 0 Å². The van der Waals surface area contributed by atoms with Crippen molar-refractivity contribution in [2.75, 3.05) is 0 Å². The summed E-state index contributed by atoms with van der Waals surface area (Å²) in [5.41, 5.74) is 5.58. The van der Waals surface area contributed by atoms with Gasteiger partial charge in [-0.25, -0.2) is 19.9 Å². The van der Waals surface area contributed by atoms with Crippen molar-refractivity contribution in [3.63, 3.8) is 0 Å². The topological polar surface area (TPSA) is 99.1 Å². The van der Waals surface area contributed by atoms with Crippen LogP contribution in [0.2, 0.25) is 0 Å². The fourth-order valence-corrected chi connectivity index (χ4v) is 4.17. The molecule has 0 aliphatic heterocycles. The maximum absolute atomic E-state index is 8.79. The molecule has 2 aromatic carbocycles. The van der Waals surface area contributed by atoms with Gasteiger partial charge in [0.15, 0.2) is 11.6 Å². The second-order valence-corrected chi connectivity index (χ2v) is 9.83. The minimum absolute atomic E-state index is 0.653. The SMILES string of the molecule is CCCCCCCc1cnc(-c2ccc(C#N)cc2)nc1.CCCCCc1cnc(-c2ccc(C#N)cc2)nc1. The number of unbranched alkanes of at least 4 members (excludes halogenated alkanes) is 6. The summed E-state index contributed by atoms with van der Waals surface area (Å²) in [6.07, 6.45) is 19.8. The highest BCUT2D eigenvalue weighted by atomic mass is 14.9. The van der Waals surface area contributed by atoms with Crippen LogP contribution in [0.3, 0.4) is 0 Å². The van der Waals surface area contributed by atoms with E-state index in [1.165, 1.54) is 62.5 Å². The van der Waals surface area contributed by atoms with E-state index in [-0.39, 0.29) is 0 Å². The van der Waals surface area contributed by atoms with E-state index in [2.05, 4.69) is 45.9 Å². The van der Waals surface area contributed by atoms with Gasteiger partial charge in [0, 0.05) is 35.9 Å². The van der Waals surface area contributed by atoms with E-state index < -0.39 is 0 Å². The van der Waals surface area contributed by atoms with E-state index in [0.717, 1.165) is 24.0 Å². The summed E-state index contributed by atoms with van der Waals surface area (Å²) in [5, 5.41) is 17.5. The Bertz CT molecular complexity index is 1350. The van der Waals surface area contributed by atoms with Crippen molar-refractivity contribution >= 4 is 0 Å². The average molecular weight is 531 g/mol. The third-order valence-electron chi connectivity index (χ3n) is 6.59. The zero-order valence-electron chi connectivity index (χ0n) is 23.7. The van der Waals surface area contributed by atoms with Crippen LogP contribution in [-0.4, -0.2) is 19.9 Å². The second kappa shape index (κ2) is 17.2. The summed E-state index contributed by atoms with van der Waals surface area (Å²) in [4.78, 5) is 17.6. The molecular weight excluding hydrogens is 492 g/mol. The number of nitriles is 2. The molecule has 0 aliphatic rings. The van der Waals surface area contributed by atoms with Crippen molar-refractivity contribution in [1.82, 2.24) is 19.9 Å². The molecule has 0 fully saturated rings. The van der Waals surface area contributed by atoms with Crippen LogP contribution in [0.15, 0.2) is 73.3 Å². The van der Waals surface area contributed by atoms with E-state index >= 15 is 0 Å². The first-order valence-corrected chi connectivity index (χ1v) is 14.3. The number of hydrogen-bond acceptors (Lipinski definition) is 6. The van der Waals surface area contributed by atoms with Gasteiger partial charge < -0.3 is 0 Å². The summed E-state index contributed by atoms with van der Waals surface area (Å²) in [6.45, 7) is 4.43. The molecular formula is C34H38N6. The smallest absolute Gasteiger partial charge is 0.159 e. The van der Waals surface area contributed by atoms with Gasteiger partial charge in [-0.2, -0.15) is 10.5 Å². The Morgan fingerprint density at radius 2 is 0.850 bits per heavy atom. The molecule has 0 bridgehead atoms. The van der Waals surface area contributed by atoms with Crippen LogP contribution in [0.5, 0.6) is 0 Å². The number of aromatic nitrogens is 4. The van der Waals surface area contributed by atoms with Gasteiger partial charge in [-0.3, -0.25) is 0 Å². The van der Waals surface area contributed by atoms with E-state index in [1.54, 1.807) is 24.3 Å². The van der Waals surface area contributed by atoms with Gasteiger partial charge in [0.05, 0.1) is 23.3 Å². The Labute approximate surface area is 238 Å². The molecule has 6 heteroatoms. The summed E-state index contributed by atoms with van der Waals surface area (Å²) < 4.78 is 0. The molecule has 0 saturated carbocycles. The molecule has 2 aromatic heterocycles. The first kappa shape index (κ1) is 30.1. The van der Waals surface area contributed by atoms with E-state index in [0.29, 0.717) is 22.8 Å². The van der Waals surface area contributed by atoms with Crippen molar-refractivity contribution in [2.24, 2.45) is 0 Å². The lowest BCUT2D eigenvalue weighted by Crippen LogP contribution is -1.93. The number of aryl methyl sites for hydroxylation is 2. The van der Waals surface area contributed by atoms with Gasteiger partial charge >= 0.3 is 0 Å². The van der Waals surface area contributed by atoms with E-state index in [1.807, 2.05) is 49.1 Å². The van der Waals surface area contributed by atoms with Crippen molar-refractivity contribution in [2.45, 2.75) is 78.1 Å². The molecule has 4 aromatic rings. The van der Waals surface area contributed by atoms with Gasteiger partial charge in [0.25, 0.3) is 0 Å². The Hall–Kier alpha value is -4.42. The molecule has 0 spiro atoms. The van der Waals surface area contributed by atoms with Crippen molar-refractivity contribution < 1.29 is 0 Å². The molecule has 0 N–H and O–H groups in total. The number of rotatable bonds is 12. The van der Waals surface area contributed by atoms with Crippen LogP contribution in [-0.2, 0) is 12.8 Å². The van der Waals surface area contributed by atoms with E-state index in [4.69, 9.17) is 10.5 Å². The van der Waals surface area contributed by atoms with Crippen LogP contribution in [0.1, 0.15) is 87.5 Å². The van der Waals surface area contributed by atoms with Crippen molar-refractivity contribution in [1.29, 1.82) is 10.5 Å². The summed E-state index contributed by atoms with van der Waals surface area (Å²) in [6, 6.07) is 18.9. The highest BCUT2D eigenvalue weighted by Gasteiger charge is 2.03. The monoisotopic (exact) mass is 530 g/mol. The average Bonchev–Trinajstić information content (AvgIpc) is 3.02. The van der Waals surface area contributed by atoms with Crippen LogP contribution in [0.25, 0.3) is 22.8 Å². The molecule has 0 amide bonds. The fourth-order valence-electron chi connectivity index (χ4n) is 4.17. The quantitative estimate of drug-likeness (QED) is 0.171. The lowest BCUT2D eigenvalue weighted by atomic mass is 10.1. The Morgan fingerprint density at radius 3 is 1.23 bits per heavy atom. The first-order valence-electron chi connectivity index (χ1n) is 14.3. The zero-order valence-corrected chi connectivity index (χ0v) is 23.7. The summed E-state index contributed by atoms with van der Waals surface area (Å²) in [5.74, 6) is 1.43. The summed E-state index contributed by atoms with van der Waals surface area (Å²) in [7, 11) is 0. The third kappa shape index (κ3) is 10.0. The van der Waals surface area contributed by atoms with Crippen LogP contribution in [0, 0.1) is 22.7 Å². The lowest BCUT2D eigenvalue weighted by molar-refractivity contribution is 0.631. The molecule has 40 heavy (non-hydrogen) atoms. The first-order chi connectivity index (χ1) is 19.7. The largest absolute Gasteiger partial charge is 0.236 e. The Kier molecular flexibility index (Phi) is 13.0. The highest BCUT2D eigenvalue weighted by molar-refractivity contribution is 5.57. The number of nitrogens with zero attached hydrogens (tertiary/aromatic N) is 6. The minimum Gasteiger partial charge on any atom is -0.236 e. The molecule has 4 rings (SSSR count). The second-order valence-electron chi connectivity index (χ2n) is 9.83. The molecule has 204 valence electrons.